The highest BCUT2D eigenvalue weighted by molar-refractivity contribution is 8.00. The first kappa shape index (κ1) is 13.2. The number of rotatable bonds is 5. The Balaban J connectivity index is 1.83. The Morgan fingerprint density at radius 3 is 3.11 bits per heavy atom. The zero-order valence-corrected chi connectivity index (χ0v) is 11.1. The molecule has 98 valence electrons. The average Bonchev–Trinajstić information content (AvgIpc) is 2.85. The Hall–Kier alpha value is -1.20. The molecule has 0 aromatic heterocycles. The van der Waals surface area contributed by atoms with Gasteiger partial charge in [0.15, 0.2) is 0 Å². The number of thioether (sulfide) groups is 1. The monoisotopic (exact) mass is 267 g/mol. The van der Waals surface area contributed by atoms with Crippen LogP contribution in [0.15, 0.2) is 24.3 Å². The molecule has 2 N–H and O–H groups in total. The van der Waals surface area contributed by atoms with E-state index in [0.717, 1.165) is 12.2 Å². The van der Waals surface area contributed by atoms with Gasteiger partial charge in [-0.25, -0.2) is 0 Å². The van der Waals surface area contributed by atoms with Gasteiger partial charge in [-0.1, -0.05) is 19.1 Å². The van der Waals surface area contributed by atoms with Gasteiger partial charge in [0.1, 0.15) is 18.4 Å². The van der Waals surface area contributed by atoms with E-state index < -0.39 is 12.0 Å². The minimum atomic E-state index is -0.794. The first-order valence-electron chi connectivity index (χ1n) is 6.01. The molecule has 0 amide bonds. The second-order valence-corrected chi connectivity index (χ2v) is 5.43. The minimum Gasteiger partial charge on any atom is -0.491 e. The lowest BCUT2D eigenvalue weighted by molar-refractivity contribution is -0.138. The number of hydrogen-bond donors (Lipinski definition) is 2. The summed E-state index contributed by atoms with van der Waals surface area (Å²) in [6.07, 6.45) is 0.981. The second-order valence-electron chi connectivity index (χ2n) is 4.19. The average molecular weight is 267 g/mol. The van der Waals surface area contributed by atoms with Crippen molar-refractivity contribution >= 4 is 17.7 Å². The number of hydrogen-bond acceptors (Lipinski definition) is 4. The zero-order chi connectivity index (χ0) is 13.0. The largest absolute Gasteiger partial charge is 0.491 e. The molecule has 4 nitrogen and oxygen atoms in total. The lowest BCUT2D eigenvalue weighted by atomic mass is 10.2. The highest BCUT2D eigenvalue weighted by Gasteiger charge is 2.29. The number of carboxylic acid groups (broad SMARTS) is 1. The molecule has 2 rings (SSSR count). The quantitative estimate of drug-likeness (QED) is 0.851. The summed E-state index contributed by atoms with van der Waals surface area (Å²) in [5.74, 6) is 0.645. The van der Waals surface area contributed by atoms with Gasteiger partial charge in [0.25, 0.3) is 0 Å². The maximum Gasteiger partial charge on any atom is 0.321 e. The van der Waals surface area contributed by atoms with Crippen molar-refractivity contribution < 1.29 is 14.6 Å². The van der Waals surface area contributed by atoms with Crippen molar-refractivity contribution in [2.24, 2.45) is 0 Å². The Labute approximate surface area is 111 Å². The predicted octanol–water partition coefficient (Wildman–Crippen LogP) is 1.74. The lowest BCUT2D eigenvalue weighted by Gasteiger charge is -2.13. The highest BCUT2D eigenvalue weighted by atomic mass is 32.2. The van der Waals surface area contributed by atoms with Crippen LogP contribution in [-0.4, -0.2) is 34.9 Å². The molecule has 0 radical (unpaired) electrons. The topological polar surface area (TPSA) is 58.6 Å². The van der Waals surface area contributed by atoms with Crippen LogP contribution in [0.1, 0.15) is 12.5 Å². The first-order valence-corrected chi connectivity index (χ1v) is 7.06. The standard InChI is InChI=1S/C13H17NO3S/c1-2-9-4-3-5-10(6-9)17-7-12-14-11(8-18-12)13(15)16/h3-6,11-12,14H,2,7-8H2,1H3,(H,15,16). The van der Waals surface area contributed by atoms with E-state index in [2.05, 4.69) is 18.3 Å². The third-order valence-electron chi connectivity index (χ3n) is 2.86. The van der Waals surface area contributed by atoms with Gasteiger partial charge in [0, 0.05) is 5.75 Å². The van der Waals surface area contributed by atoms with Crippen LogP contribution in [0.4, 0.5) is 0 Å². The molecule has 2 atom stereocenters. The highest BCUT2D eigenvalue weighted by Crippen LogP contribution is 2.21. The number of aryl methyl sites for hydroxylation is 1. The maximum atomic E-state index is 10.8. The van der Waals surface area contributed by atoms with Crippen LogP contribution in [-0.2, 0) is 11.2 Å². The van der Waals surface area contributed by atoms with Gasteiger partial charge in [0.05, 0.1) is 5.37 Å². The van der Waals surface area contributed by atoms with Gasteiger partial charge in [-0.2, -0.15) is 0 Å². The maximum absolute atomic E-state index is 10.8. The Morgan fingerprint density at radius 1 is 1.61 bits per heavy atom. The van der Waals surface area contributed by atoms with Crippen LogP contribution in [0.2, 0.25) is 0 Å². The van der Waals surface area contributed by atoms with Crippen LogP contribution in [0.5, 0.6) is 5.75 Å². The van der Waals surface area contributed by atoms with Crippen LogP contribution in [0, 0.1) is 0 Å². The van der Waals surface area contributed by atoms with Crippen molar-refractivity contribution in [2.45, 2.75) is 24.8 Å². The summed E-state index contributed by atoms with van der Waals surface area (Å²) >= 11 is 1.59. The summed E-state index contributed by atoms with van der Waals surface area (Å²) in [6.45, 7) is 2.59. The Bertz CT molecular complexity index is 424. The van der Waals surface area contributed by atoms with Crippen LogP contribution < -0.4 is 10.1 Å². The van der Waals surface area contributed by atoms with Gasteiger partial charge in [-0.05, 0) is 24.1 Å². The fourth-order valence-corrected chi connectivity index (χ4v) is 2.89. The van der Waals surface area contributed by atoms with E-state index in [1.807, 2.05) is 18.2 Å². The molecule has 0 bridgehead atoms. The molecule has 0 spiro atoms. The summed E-state index contributed by atoms with van der Waals surface area (Å²) in [7, 11) is 0. The molecule has 0 saturated carbocycles. The second kappa shape index (κ2) is 6.11. The number of carbonyl (C=O) groups is 1. The molecular weight excluding hydrogens is 250 g/mol. The molecule has 1 aliphatic rings. The molecule has 1 aliphatic heterocycles. The van der Waals surface area contributed by atoms with E-state index >= 15 is 0 Å². The van der Waals surface area contributed by atoms with Crippen molar-refractivity contribution in [3.63, 3.8) is 0 Å². The number of benzene rings is 1. The minimum absolute atomic E-state index is 0.0522. The van der Waals surface area contributed by atoms with E-state index in [1.165, 1.54) is 5.56 Å². The summed E-state index contributed by atoms with van der Waals surface area (Å²) in [5, 5.41) is 11.9. The number of ether oxygens (including phenoxy) is 1. The molecule has 1 saturated heterocycles. The van der Waals surface area contributed by atoms with Gasteiger partial charge in [-0.15, -0.1) is 11.8 Å². The number of nitrogens with one attached hydrogen (secondary N) is 1. The zero-order valence-electron chi connectivity index (χ0n) is 10.3. The normalized spacial score (nSPS) is 22.9. The SMILES string of the molecule is CCc1cccc(OCC2NC(C(=O)O)CS2)c1. The molecule has 1 fully saturated rings. The third-order valence-corrected chi connectivity index (χ3v) is 4.06. The van der Waals surface area contributed by atoms with Gasteiger partial charge in [-0.3, -0.25) is 10.1 Å². The first-order chi connectivity index (χ1) is 8.69. The van der Waals surface area contributed by atoms with E-state index in [4.69, 9.17) is 9.84 Å². The fraction of sp³-hybridized carbons (Fsp3) is 0.462. The smallest absolute Gasteiger partial charge is 0.321 e. The molecule has 5 heteroatoms. The van der Waals surface area contributed by atoms with Crippen molar-refractivity contribution in [1.82, 2.24) is 5.32 Å². The van der Waals surface area contributed by atoms with Crippen LogP contribution in [0.25, 0.3) is 0 Å². The fourth-order valence-electron chi connectivity index (χ4n) is 1.80. The Morgan fingerprint density at radius 2 is 2.44 bits per heavy atom. The Kier molecular flexibility index (Phi) is 4.49. The molecule has 18 heavy (non-hydrogen) atoms. The lowest BCUT2D eigenvalue weighted by Crippen LogP contribution is -2.38. The van der Waals surface area contributed by atoms with E-state index in [1.54, 1.807) is 11.8 Å². The van der Waals surface area contributed by atoms with E-state index in [-0.39, 0.29) is 5.37 Å². The van der Waals surface area contributed by atoms with Gasteiger partial charge < -0.3 is 9.84 Å². The summed E-state index contributed by atoms with van der Waals surface area (Å²) in [5.41, 5.74) is 1.24. The van der Waals surface area contributed by atoms with Crippen molar-refractivity contribution in [1.29, 1.82) is 0 Å². The molecule has 1 heterocycles. The number of carboxylic acids is 1. The van der Waals surface area contributed by atoms with Crippen molar-refractivity contribution in [3.05, 3.63) is 29.8 Å². The summed E-state index contributed by atoms with van der Waals surface area (Å²) < 4.78 is 5.68. The van der Waals surface area contributed by atoms with Crippen LogP contribution in [0.3, 0.4) is 0 Å². The molecular formula is C13H17NO3S. The molecule has 0 aliphatic carbocycles. The van der Waals surface area contributed by atoms with Crippen molar-refractivity contribution in [2.75, 3.05) is 12.4 Å². The third kappa shape index (κ3) is 3.40. The van der Waals surface area contributed by atoms with Gasteiger partial charge in [0.2, 0.25) is 0 Å². The number of aliphatic carboxylic acids is 1. The van der Waals surface area contributed by atoms with E-state index in [9.17, 15) is 4.79 Å². The molecule has 1 aromatic carbocycles. The van der Waals surface area contributed by atoms with E-state index in [0.29, 0.717) is 12.4 Å². The summed E-state index contributed by atoms with van der Waals surface area (Å²) in [4.78, 5) is 10.8. The summed E-state index contributed by atoms with van der Waals surface area (Å²) in [6, 6.07) is 7.53. The van der Waals surface area contributed by atoms with Gasteiger partial charge >= 0.3 is 5.97 Å². The van der Waals surface area contributed by atoms with Crippen LogP contribution >= 0.6 is 11.8 Å². The van der Waals surface area contributed by atoms with Crippen molar-refractivity contribution in [3.8, 4) is 5.75 Å². The molecule has 2 unspecified atom stereocenters. The molecule has 1 aromatic rings. The predicted molar refractivity (Wildman–Crippen MR) is 72.1 cm³/mol.